The van der Waals surface area contributed by atoms with Crippen LogP contribution >= 0.6 is 34.8 Å². The van der Waals surface area contributed by atoms with Crippen molar-refractivity contribution in [1.29, 1.82) is 0 Å². The summed E-state index contributed by atoms with van der Waals surface area (Å²) >= 11 is 18.1. The molecular formula is C23H17Cl3N2O3. The number of aromatic nitrogens is 1. The first kappa shape index (κ1) is 21.5. The molecule has 0 fully saturated rings. The molecular weight excluding hydrogens is 459 g/mol. The van der Waals surface area contributed by atoms with Crippen molar-refractivity contribution in [1.82, 2.24) is 4.98 Å². The van der Waals surface area contributed by atoms with Gasteiger partial charge in [-0.2, -0.15) is 0 Å². The summed E-state index contributed by atoms with van der Waals surface area (Å²) in [5, 5.41) is 4.42. The minimum Gasteiger partial charge on any atom is -0.478 e. The highest BCUT2D eigenvalue weighted by atomic mass is 35.5. The molecule has 158 valence electrons. The molecule has 4 rings (SSSR count). The van der Waals surface area contributed by atoms with E-state index in [0.717, 1.165) is 0 Å². The average molecular weight is 476 g/mol. The largest absolute Gasteiger partial charge is 0.478 e. The number of halogens is 3. The van der Waals surface area contributed by atoms with Gasteiger partial charge in [0.1, 0.15) is 11.3 Å². The maximum Gasteiger partial charge on any atom is 0.267 e. The molecule has 1 N–H and O–H groups in total. The fourth-order valence-corrected chi connectivity index (χ4v) is 3.52. The van der Waals surface area contributed by atoms with Crippen molar-refractivity contribution in [3.05, 3.63) is 75.7 Å². The van der Waals surface area contributed by atoms with E-state index < -0.39 is 5.60 Å². The summed E-state index contributed by atoms with van der Waals surface area (Å²) in [6.07, 6.45) is 0. The van der Waals surface area contributed by atoms with Crippen molar-refractivity contribution in [2.75, 3.05) is 5.32 Å². The van der Waals surface area contributed by atoms with Crippen molar-refractivity contribution >= 4 is 57.5 Å². The molecule has 0 atom stereocenters. The van der Waals surface area contributed by atoms with Crippen molar-refractivity contribution in [3.63, 3.8) is 0 Å². The molecule has 0 aliphatic rings. The Balaban J connectivity index is 1.54. The lowest BCUT2D eigenvalue weighted by atomic mass is 10.1. The molecule has 1 aromatic heterocycles. The molecule has 4 aromatic rings. The van der Waals surface area contributed by atoms with Gasteiger partial charge in [0.15, 0.2) is 11.2 Å². The van der Waals surface area contributed by atoms with Crippen molar-refractivity contribution in [3.8, 4) is 17.2 Å². The minimum atomic E-state index is -1.12. The van der Waals surface area contributed by atoms with Gasteiger partial charge in [0, 0.05) is 15.7 Å². The van der Waals surface area contributed by atoms with Crippen LogP contribution in [-0.4, -0.2) is 16.5 Å². The third-order valence-corrected chi connectivity index (χ3v) is 5.34. The molecule has 0 spiro atoms. The van der Waals surface area contributed by atoms with Crippen LogP contribution in [0.25, 0.3) is 22.6 Å². The predicted octanol–water partition coefficient (Wildman–Crippen LogP) is 7.25. The Kier molecular flexibility index (Phi) is 5.84. The van der Waals surface area contributed by atoms with E-state index in [1.807, 2.05) is 0 Å². The quantitative estimate of drug-likeness (QED) is 0.330. The van der Waals surface area contributed by atoms with Crippen LogP contribution in [0.3, 0.4) is 0 Å². The fourth-order valence-electron chi connectivity index (χ4n) is 2.91. The van der Waals surface area contributed by atoms with Crippen molar-refractivity contribution in [2.24, 2.45) is 0 Å². The van der Waals surface area contributed by atoms with Crippen LogP contribution in [0, 0.1) is 0 Å². The molecule has 0 saturated carbocycles. The lowest BCUT2D eigenvalue weighted by molar-refractivity contribution is -0.128. The number of rotatable bonds is 5. The first-order valence-corrected chi connectivity index (χ1v) is 10.5. The smallest absolute Gasteiger partial charge is 0.267 e. The zero-order valence-electron chi connectivity index (χ0n) is 16.6. The Morgan fingerprint density at radius 1 is 0.968 bits per heavy atom. The average Bonchev–Trinajstić information content (AvgIpc) is 3.12. The summed E-state index contributed by atoms with van der Waals surface area (Å²) in [7, 11) is 0. The van der Waals surface area contributed by atoms with Crippen LogP contribution in [0.15, 0.2) is 65.1 Å². The van der Waals surface area contributed by atoms with Gasteiger partial charge in [0.05, 0.1) is 10.6 Å². The topological polar surface area (TPSA) is 64.4 Å². The van der Waals surface area contributed by atoms with Gasteiger partial charge >= 0.3 is 0 Å². The summed E-state index contributed by atoms with van der Waals surface area (Å²) < 4.78 is 11.6. The number of hydrogen-bond donors (Lipinski definition) is 1. The van der Waals surface area contributed by atoms with E-state index in [-0.39, 0.29) is 5.91 Å². The third kappa shape index (κ3) is 4.79. The monoisotopic (exact) mass is 474 g/mol. The summed E-state index contributed by atoms with van der Waals surface area (Å²) in [5.74, 6) is 0.596. The zero-order chi connectivity index (χ0) is 22.2. The lowest BCUT2D eigenvalue weighted by Gasteiger charge is -2.25. The van der Waals surface area contributed by atoms with Gasteiger partial charge in [-0.1, -0.05) is 34.8 Å². The van der Waals surface area contributed by atoms with E-state index in [4.69, 9.17) is 44.0 Å². The molecule has 1 amide bonds. The number of benzene rings is 3. The van der Waals surface area contributed by atoms with Crippen molar-refractivity contribution in [2.45, 2.75) is 19.4 Å². The number of anilines is 1. The standard InChI is InChI=1S/C23H17Cl3N2O3/c1-23(2,31-16-7-3-13(24)4-8-16)22(29)27-15-6-10-20-19(12-15)28-21(30-20)17-9-5-14(25)11-18(17)26/h3-12H,1-2H3,(H,27,29). The SMILES string of the molecule is CC(C)(Oc1ccc(Cl)cc1)C(=O)Nc1ccc2oc(-c3ccc(Cl)cc3Cl)nc2c1. The molecule has 1 heterocycles. The van der Waals surface area contributed by atoms with E-state index in [1.54, 1.807) is 74.5 Å². The lowest BCUT2D eigenvalue weighted by Crippen LogP contribution is -2.42. The predicted molar refractivity (Wildman–Crippen MR) is 124 cm³/mol. The molecule has 0 radical (unpaired) electrons. The molecule has 0 unspecified atom stereocenters. The first-order chi connectivity index (χ1) is 14.7. The molecule has 0 aliphatic carbocycles. The number of amides is 1. The number of fused-ring (bicyclic) bond motifs is 1. The van der Waals surface area contributed by atoms with Gasteiger partial charge in [-0.05, 0) is 74.5 Å². The summed E-state index contributed by atoms with van der Waals surface area (Å²) in [6.45, 7) is 3.37. The zero-order valence-corrected chi connectivity index (χ0v) is 18.8. The van der Waals surface area contributed by atoms with Crippen LogP contribution < -0.4 is 10.1 Å². The molecule has 0 aliphatic heterocycles. The Morgan fingerprint density at radius 3 is 2.39 bits per heavy atom. The van der Waals surface area contributed by atoms with Gasteiger partial charge in [-0.15, -0.1) is 0 Å². The highest BCUT2D eigenvalue weighted by Gasteiger charge is 2.30. The number of oxazole rings is 1. The molecule has 0 saturated heterocycles. The summed E-state index contributed by atoms with van der Waals surface area (Å²) in [4.78, 5) is 17.3. The number of hydrogen-bond acceptors (Lipinski definition) is 4. The first-order valence-electron chi connectivity index (χ1n) is 9.33. The van der Waals surface area contributed by atoms with Gasteiger partial charge in [0.2, 0.25) is 5.89 Å². The number of nitrogens with zero attached hydrogens (tertiary/aromatic N) is 1. The molecule has 8 heteroatoms. The minimum absolute atomic E-state index is 0.314. The number of carbonyl (C=O) groups is 1. The Bertz CT molecular complexity index is 1270. The summed E-state index contributed by atoms with van der Waals surface area (Å²) in [5.41, 5.74) is 1.22. The number of nitrogens with one attached hydrogen (secondary N) is 1. The fraction of sp³-hybridized carbons (Fsp3) is 0.130. The maximum absolute atomic E-state index is 12.8. The van der Waals surface area contributed by atoms with E-state index in [9.17, 15) is 4.79 Å². The second-order valence-electron chi connectivity index (χ2n) is 7.35. The summed E-state index contributed by atoms with van der Waals surface area (Å²) in [6, 6.07) is 17.1. The Morgan fingerprint density at radius 2 is 1.68 bits per heavy atom. The second-order valence-corrected chi connectivity index (χ2v) is 8.63. The van der Waals surface area contributed by atoms with Crippen LogP contribution in [-0.2, 0) is 4.79 Å². The van der Waals surface area contributed by atoms with E-state index in [0.29, 0.717) is 49.1 Å². The molecule has 31 heavy (non-hydrogen) atoms. The number of ether oxygens (including phenoxy) is 1. The molecule has 5 nitrogen and oxygen atoms in total. The third-order valence-electron chi connectivity index (χ3n) is 4.54. The Labute approximate surface area is 193 Å². The normalized spacial score (nSPS) is 11.5. The molecule has 3 aromatic carbocycles. The van der Waals surface area contributed by atoms with Crippen molar-refractivity contribution < 1.29 is 13.9 Å². The van der Waals surface area contributed by atoms with Crippen LogP contribution in [0.4, 0.5) is 5.69 Å². The van der Waals surface area contributed by atoms with Crippen LogP contribution in [0.1, 0.15) is 13.8 Å². The van der Waals surface area contributed by atoms with Gasteiger partial charge in [-0.3, -0.25) is 4.79 Å². The van der Waals surface area contributed by atoms with Gasteiger partial charge in [0.25, 0.3) is 5.91 Å². The van der Waals surface area contributed by atoms with Gasteiger partial charge in [-0.25, -0.2) is 4.98 Å². The highest BCUT2D eigenvalue weighted by molar-refractivity contribution is 6.36. The van der Waals surface area contributed by atoms with E-state index in [2.05, 4.69) is 10.3 Å². The van der Waals surface area contributed by atoms with Gasteiger partial charge < -0.3 is 14.5 Å². The van der Waals surface area contributed by atoms with E-state index >= 15 is 0 Å². The maximum atomic E-state index is 12.8. The Hall–Kier alpha value is -2.73. The van der Waals surface area contributed by atoms with Crippen LogP contribution in [0.5, 0.6) is 5.75 Å². The molecule has 0 bridgehead atoms. The highest BCUT2D eigenvalue weighted by Crippen LogP contribution is 2.32. The van der Waals surface area contributed by atoms with Crippen LogP contribution in [0.2, 0.25) is 15.1 Å². The number of carbonyl (C=O) groups excluding carboxylic acids is 1. The van der Waals surface area contributed by atoms with E-state index in [1.165, 1.54) is 0 Å². The second kappa shape index (κ2) is 8.42.